The Morgan fingerprint density at radius 2 is 1.62 bits per heavy atom. The zero-order valence-electron chi connectivity index (χ0n) is 12.1. The van der Waals surface area contributed by atoms with Crippen LogP contribution in [0.1, 0.15) is 60.8 Å². The Labute approximate surface area is 140 Å². The molecule has 0 radical (unpaired) electrons. The van der Waals surface area contributed by atoms with E-state index >= 15 is 0 Å². The fourth-order valence-corrected chi connectivity index (χ4v) is 3.82. The van der Waals surface area contributed by atoms with Crippen LogP contribution in [0.3, 0.4) is 0 Å². The maximum absolute atomic E-state index is 10.5. The van der Waals surface area contributed by atoms with Gasteiger partial charge in [-0.15, -0.1) is 0 Å². The van der Waals surface area contributed by atoms with E-state index in [1.54, 1.807) is 0 Å². The number of aliphatic hydroxyl groups is 1. The molecule has 3 rings (SSSR count). The molecule has 0 aliphatic heterocycles. The minimum atomic E-state index is -0.528. The summed E-state index contributed by atoms with van der Waals surface area (Å²) in [6, 6.07) is 16.7. The van der Waals surface area contributed by atoms with Crippen LogP contribution in [0.25, 0.3) is 0 Å². The highest BCUT2D eigenvalue weighted by Gasteiger charge is 2.16. The van der Waals surface area contributed by atoms with Crippen molar-refractivity contribution in [3.05, 3.63) is 68.8 Å². The maximum Gasteiger partial charge on any atom is 0.104 e. The second kappa shape index (κ2) is 6.93. The molecule has 2 aromatic carbocycles. The topological polar surface area (TPSA) is 20.2 Å². The van der Waals surface area contributed by atoms with Crippen LogP contribution in [0.15, 0.2) is 48.5 Å². The van der Waals surface area contributed by atoms with Gasteiger partial charge in [-0.25, -0.2) is 0 Å². The van der Waals surface area contributed by atoms with Gasteiger partial charge in [0.25, 0.3) is 0 Å². The normalized spacial score (nSPS) is 17.6. The first-order valence-corrected chi connectivity index (χ1v) is 8.85. The lowest BCUT2D eigenvalue weighted by atomic mass is 9.83. The van der Waals surface area contributed by atoms with Crippen LogP contribution in [-0.2, 0) is 0 Å². The molecule has 1 fully saturated rings. The summed E-state index contributed by atoms with van der Waals surface area (Å²) in [6.45, 7) is 0. The molecule has 1 saturated carbocycles. The molecular formula is C19H21IO. The van der Waals surface area contributed by atoms with E-state index in [9.17, 15) is 5.11 Å². The Balaban J connectivity index is 1.77. The summed E-state index contributed by atoms with van der Waals surface area (Å²) in [7, 11) is 0. The van der Waals surface area contributed by atoms with Gasteiger partial charge < -0.3 is 5.11 Å². The summed E-state index contributed by atoms with van der Waals surface area (Å²) in [5.74, 6) is 0.725. The summed E-state index contributed by atoms with van der Waals surface area (Å²) >= 11 is 2.28. The van der Waals surface area contributed by atoms with Gasteiger partial charge in [-0.05, 0) is 70.2 Å². The lowest BCUT2D eigenvalue weighted by Crippen LogP contribution is -2.05. The Kier molecular flexibility index (Phi) is 4.96. The highest BCUT2D eigenvalue weighted by atomic mass is 127. The van der Waals surface area contributed by atoms with E-state index in [-0.39, 0.29) is 0 Å². The Morgan fingerprint density at radius 1 is 0.905 bits per heavy atom. The van der Waals surface area contributed by atoms with Crippen molar-refractivity contribution < 1.29 is 5.11 Å². The molecule has 2 heteroatoms. The SMILES string of the molecule is OC(c1ccc(C2CCCCC2)cc1)c1cccc(I)c1. The van der Waals surface area contributed by atoms with E-state index in [4.69, 9.17) is 0 Å². The van der Waals surface area contributed by atoms with Crippen molar-refractivity contribution >= 4 is 22.6 Å². The van der Waals surface area contributed by atoms with Gasteiger partial charge in [0.15, 0.2) is 0 Å². The monoisotopic (exact) mass is 392 g/mol. The van der Waals surface area contributed by atoms with Crippen molar-refractivity contribution in [2.24, 2.45) is 0 Å². The Hall–Kier alpha value is -0.870. The second-order valence-electron chi connectivity index (χ2n) is 5.96. The quantitative estimate of drug-likeness (QED) is 0.692. The van der Waals surface area contributed by atoms with E-state index in [0.29, 0.717) is 0 Å². The average Bonchev–Trinajstić information content (AvgIpc) is 2.55. The fourth-order valence-electron chi connectivity index (χ4n) is 3.26. The molecule has 0 amide bonds. The molecule has 0 saturated heterocycles. The van der Waals surface area contributed by atoms with Crippen molar-refractivity contribution in [3.63, 3.8) is 0 Å². The van der Waals surface area contributed by atoms with E-state index in [1.165, 1.54) is 37.7 Å². The van der Waals surface area contributed by atoms with Crippen molar-refractivity contribution in [2.75, 3.05) is 0 Å². The first-order valence-electron chi connectivity index (χ1n) is 7.77. The summed E-state index contributed by atoms with van der Waals surface area (Å²) in [5.41, 5.74) is 3.39. The second-order valence-corrected chi connectivity index (χ2v) is 7.20. The predicted molar refractivity (Wildman–Crippen MR) is 95.5 cm³/mol. The van der Waals surface area contributed by atoms with Crippen LogP contribution >= 0.6 is 22.6 Å². The molecular weight excluding hydrogens is 371 g/mol. The van der Waals surface area contributed by atoms with Gasteiger partial charge in [-0.3, -0.25) is 0 Å². The van der Waals surface area contributed by atoms with Gasteiger partial charge >= 0.3 is 0 Å². The van der Waals surface area contributed by atoms with Crippen LogP contribution in [0.4, 0.5) is 0 Å². The highest BCUT2D eigenvalue weighted by molar-refractivity contribution is 14.1. The summed E-state index contributed by atoms with van der Waals surface area (Å²) < 4.78 is 1.16. The fraction of sp³-hybridized carbons (Fsp3) is 0.368. The molecule has 21 heavy (non-hydrogen) atoms. The molecule has 1 unspecified atom stereocenters. The van der Waals surface area contributed by atoms with Crippen LogP contribution in [0.2, 0.25) is 0 Å². The van der Waals surface area contributed by atoms with Crippen molar-refractivity contribution in [1.29, 1.82) is 0 Å². The van der Waals surface area contributed by atoms with Gasteiger partial charge in [0, 0.05) is 3.57 Å². The van der Waals surface area contributed by atoms with E-state index in [1.807, 2.05) is 24.3 Å². The number of halogens is 1. The summed E-state index contributed by atoms with van der Waals surface area (Å²) in [6.07, 6.45) is 6.21. The number of hydrogen-bond donors (Lipinski definition) is 1. The molecule has 0 bridgehead atoms. The molecule has 0 heterocycles. The van der Waals surface area contributed by atoms with Crippen molar-refractivity contribution in [3.8, 4) is 0 Å². The number of aliphatic hydroxyl groups excluding tert-OH is 1. The largest absolute Gasteiger partial charge is 0.384 e. The first-order chi connectivity index (χ1) is 10.2. The van der Waals surface area contributed by atoms with Gasteiger partial charge in [0.2, 0.25) is 0 Å². The lowest BCUT2D eigenvalue weighted by Gasteiger charge is -2.22. The van der Waals surface area contributed by atoms with Gasteiger partial charge in [0.05, 0.1) is 0 Å². The van der Waals surface area contributed by atoms with Gasteiger partial charge in [0.1, 0.15) is 6.10 Å². The number of hydrogen-bond acceptors (Lipinski definition) is 1. The third-order valence-corrected chi connectivity index (χ3v) is 5.16. The van der Waals surface area contributed by atoms with Crippen molar-refractivity contribution in [1.82, 2.24) is 0 Å². The minimum absolute atomic E-state index is 0.528. The van der Waals surface area contributed by atoms with Crippen LogP contribution < -0.4 is 0 Å². The van der Waals surface area contributed by atoms with E-state index < -0.39 is 6.10 Å². The maximum atomic E-state index is 10.5. The summed E-state index contributed by atoms with van der Waals surface area (Å²) in [4.78, 5) is 0. The van der Waals surface area contributed by atoms with Gasteiger partial charge in [-0.2, -0.15) is 0 Å². The lowest BCUT2D eigenvalue weighted by molar-refractivity contribution is 0.220. The highest BCUT2D eigenvalue weighted by Crippen LogP contribution is 2.33. The molecule has 1 N–H and O–H groups in total. The third-order valence-electron chi connectivity index (χ3n) is 4.49. The first kappa shape index (κ1) is 15.0. The smallest absolute Gasteiger partial charge is 0.104 e. The Bertz CT molecular complexity index is 585. The van der Waals surface area contributed by atoms with Crippen LogP contribution in [0.5, 0.6) is 0 Å². The molecule has 1 atom stereocenters. The average molecular weight is 392 g/mol. The molecule has 0 spiro atoms. The summed E-state index contributed by atoms with van der Waals surface area (Å²) in [5, 5.41) is 10.5. The molecule has 110 valence electrons. The van der Waals surface area contributed by atoms with Crippen LogP contribution in [-0.4, -0.2) is 5.11 Å². The molecule has 1 nitrogen and oxygen atoms in total. The third kappa shape index (κ3) is 3.67. The molecule has 2 aromatic rings. The minimum Gasteiger partial charge on any atom is -0.384 e. The predicted octanol–water partition coefficient (Wildman–Crippen LogP) is 5.42. The number of rotatable bonds is 3. The van der Waals surface area contributed by atoms with Crippen molar-refractivity contribution in [2.45, 2.75) is 44.1 Å². The zero-order valence-corrected chi connectivity index (χ0v) is 14.3. The standard InChI is InChI=1S/C19H21IO/c20-18-8-4-7-17(13-18)19(21)16-11-9-15(10-12-16)14-5-2-1-3-6-14/h4,7-14,19,21H,1-3,5-6H2. The van der Waals surface area contributed by atoms with E-state index in [0.717, 1.165) is 20.6 Å². The molecule has 0 aromatic heterocycles. The van der Waals surface area contributed by atoms with E-state index in [2.05, 4.69) is 46.9 Å². The molecule has 1 aliphatic carbocycles. The molecule has 1 aliphatic rings. The zero-order chi connectivity index (χ0) is 14.7. The Morgan fingerprint density at radius 3 is 2.29 bits per heavy atom. The van der Waals surface area contributed by atoms with Crippen LogP contribution in [0, 0.1) is 3.57 Å². The van der Waals surface area contributed by atoms with Gasteiger partial charge in [-0.1, -0.05) is 55.7 Å². The number of benzene rings is 2.